The molecule has 1 aliphatic rings. The Labute approximate surface area is 206 Å². The van der Waals surface area contributed by atoms with Crippen LogP contribution in [0.1, 0.15) is 41.0 Å². The third-order valence-corrected chi connectivity index (χ3v) is 5.70. The van der Waals surface area contributed by atoms with Crippen molar-refractivity contribution in [3.05, 3.63) is 83.0 Å². The number of fused-ring (bicyclic) bond motifs is 1. The molecule has 35 heavy (non-hydrogen) atoms. The van der Waals surface area contributed by atoms with Gasteiger partial charge in [0, 0.05) is 30.5 Å². The first-order valence-corrected chi connectivity index (χ1v) is 12.0. The second-order valence-corrected chi connectivity index (χ2v) is 8.66. The Morgan fingerprint density at radius 2 is 2.00 bits per heavy atom. The van der Waals surface area contributed by atoms with Crippen LogP contribution in [-0.2, 0) is 4.74 Å². The first-order valence-electron chi connectivity index (χ1n) is 12.0. The number of nitrogens with zero attached hydrogens (tertiary/aromatic N) is 3. The molecule has 0 radical (unpaired) electrons. The Morgan fingerprint density at radius 3 is 2.63 bits per heavy atom. The molecule has 2 unspecified atom stereocenters. The van der Waals surface area contributed by atoms with Gasteiger partial charge in [0.15, 0.2) is 22.7 Å². The number of morpholine rings is 1. The Balaban J connectivity index is 2.27. The lowest BCUT2D eigenvalue weighted by molar-refractivity contribution is -0.00563. The fraction of sp³-hybridized carbons (Fsp3) is 0.357. The first-order chi connectivity index (χ1) is 16.8. The molecule has 1 aliphatic heterocycles. The maximum absolute atomic E-state index is 15.3. The summed E-state index contributed by atoms with van der Waals surface area (Å²) in [6, 6.07) is 2.78. The van der Waals surface area contributed by atoms with Gasteiger partial charge in [0.1, 0.15) is 5.82 Å². The van der Waals surface area contributed by atoms with E-state index in [9.17, 15) is 4.79 Å². The minimum absolute atomic E-state index is 0.0564. The van der Waals surface area contributed by atoms with Gasteiger partial charge < -0.3 is 15.0 Å². The molecular weight excluding hydrogens is 443 g/mol. The van der Waals surface area contributed by atoms with Crippen LogP contribution < -0.4 is 15.6 Å². The average Bonchev–Trinajstić information content (AvgIpc) is 2.81. The minimum Gasteiger partial charge on any atom is -0.372 e. The molecule has 3 rings (SSSR count). The molecule has 1 saturated heterocycles. The summed E-state index contributed by atoms with van der Waals surface area (Å²) in [7, 11) is 0. The van der Waals surface area contributed by atoms with Crippen LogP contribution in [0.4, 0.5) is 16.0 Å². The van der Waals surface area contributed by atoms with E-state index in [1.54, 1.807) is 6.08 Å². The third-order valence-electron chi connectivity index (χ3n) is 5.70. The predicted molar refractivity (Wildman–Crippen MR) is 144 cm³/mol. The topological polar surface area (TPSA) is 59.4 Å². The summed E-state index contributed by atoms with van der Waals surface area (Å²) in [5, 5.41) is 3.57. The van der Waals surface area contributed by atoms with Crippen molar-refractivity contribution in [1.29, 1.82) is 0 Å². The molecule has 2 aromatic heterocycles. The number of rotatable bonds is 8. The van der Waals surface area contributed by atoms with E-state index in [1.165, 1.54) is 12.1 Å². The number of nitrogens with one attached hydrogen (secondary N) is 1. The van der Waals surface area contributed by atoms with E-state index in [1.807, 2.05) is 73.6 Å². The quantitative estimate of drug-likeness (QED) is 0.469. The van der Waals surface area contributed by atoms with Gasteiger partial charge in [-0.3, -0.25) is 9.36 Å². The zero-order valence-corrected chi connectivity index (χ0v) is 21.2. The molecule has 0 saturated carbocycles. The smallest absolute Gasteiger partial charge is 0.193 e. The Bertz CT molecular complexity index is 1250. The van der Waals surface area contributed by atoms with Gasteiger partial charge in [0.05, 0.1) is 17.6 Å². The number of pyridine rings is 2. The number of hydrogen-bond donors (Lipinski definition) is 1. The summed E-state index contributed by atoms with van der Waals surface area (Å²) in [5.41, 5.74) is 1.73. The van der Waals surface area contributed by atoms with E-state index >= 15 is 4.39 Å². The SMILES string of the molecule is C=C/C=C\C=C(/C)n1c(NC(/C=C\CC)=C/C)cc(=O)c2cc(F)c(N3CC(C)OC(C)C3)nc21. The minimum atomic E-state index is -0.517. The molecule has 2 aromatic rings. The van der Waals surface area contributed by atoms with Gasteiger partial charge in [-0.1, -0.05) is 43.9 Å². The van der Waals surface area contributed by atoms with Crippen molar-refractivity contribution in [2.45, 2.75) is 53.2 Å². The average molecular weight is 479 g/mol. The van der Waals surface area contributed by atoms with Crippen LogP contribution in [0.25, 0.3) is 16.7 Å². The number of anilines is 2. The highest BCUT2D eigenvalue weighted by atomic mass is 19.1. The Kier molecular flexibility index (Phi) is 8.82. The van der Waals surface area contributed by atoms with Crippen molar-refractivity contribution < 1.29 is 9.13 Å². The maximum Gasteiger partial charge on any atom is 0.193 e. The molecule has 0 aromatic carbocycles. The molecule has 7 heteroatoms. The largest absolute Gasteiger partial charge is 0.372 e. The second kappa shape index (κ2) is 11.8. The first kappa shape index (κ1) is 26.2. The number of ether oxygens (including phenoxy) is 1. The van der Waals surface area contributed by atoms with Crippen LogP contribution in [0, 0.1) is 5.82 Å². The van der Waals surface area contributed by atoms with Crippen LogP contribution >= 0.6 is 0 Å². The summed E-state index contributed by atoms with van der Waals surface area (Å²) >= 11 is 0. The number of allylic oxidation sites excluding steroid dienone is 8. The van der Waals surface area contributed by atoms with Crippen molar-refractivity contribution in [3.63, 3.8) is 0 Å². The lowest BCUT2D eigenvalue weighted by Crippen LogP contribution is -2.46. The highest BCUT2D eigenvalue weighted by Gasteiger charge is 2.26. The van der Waals surface area contributed by atoms with E-state index in [2.05, 4.69) is 18.8 Å². The molecule has 0 amide bonds. The Morgan fingerprint density at radius 1 is 1.29 bits per heavy atom. The third kappa shape index (κ3) is 6.17. The fourth-order valence-electron chi connectivity index (χ4n) is 4.17. The van der Waals surface area contributed by atoms with Gasteiger partial charge >= 0.3 is 0 Å². The van der Waals surface area contributed by atoms with Crippen molar-refractivity contribution in [1.82, 2.24) is 9.55 Å². The van der Waals surface area contributed by atoms with E-state index in [0.29, 0.717) is 24.6 Å². The van der Waals surface area contributed by atoms with Crippen molar-refractivity contribution >= 4 is 28.4 Å². The van der Waals surface area contributed by atoms with E-state index in [0.717, 1.165) is 17.8 Å². The summed E-state index contributed by atoms with van der Waals surface area (Å²) in [6.45, 7) is 14.6. The Hall–Kier alpha value is -3.45. The van der Waals surface area contributed by atoms with E-state index in [-0.39, 0.29) is 28.8 Å². The molecule has 0 spiro atoms. The summed E-state index contributed by atoms with van der Waals surface area (Å²) in [5.74, 6) is 0.249. The molecule has 0 aliphatic carbocycles. The molecule has 1 fully saturated rings. The van der Waals surface area contributed by atoms with Gasteiger partial charge in [-0.25, -0.2) is 9.37 Å². The van der Waals surface area contributed by atoms with E-state index in [4.69, 9.17) is 9.72 Å². The highest BCUT2D eigenvalue weighted by Crippen LogP contribution is 2.28. The number of halogens is 1. The zero-order chi connectivity index (χ0) is 25.5. The molecule has 6 nitrogen and oxygen atoms in total. The summed E-state index contributed by atoms with van der Waals surface area (Å²) in [4.78, 5) is 19.7. The predicted octanol–water partition coefficient (Wildman–Crippen LogP) is 6.03. The van der Waals surface area contributed by atoms with Crippen LogP contribution in [0.3, 0.4) is 0 Å². The molecule has 0 bridgehead atoms. The van der Waals surface area contributed by atoms with Crippen LogP contribution in [-0.4, -0.2) is 34.8 Å². The van der Waals surface area contributed by atoms with Crippen molar-refractivity contribution in [3.8, 4) is 0 Å². The normalized spacial score (nSPS) is 19.8. The molecule has 186 valence electrons. The molecule has 2 atom stereocenters. The molecule has 3 heterocycles. The monoisotopic (exact) mass is 478 g/mol. The highest BCUT2D eigenvalue weighted by molar-refractivity contribution is 5.84. The van der Waals surface area contributed by atoms with Crippen molar-refractivity contribution in [2.24, 2.45) is 0 Å². The zero-order valence-electron chi connectivity index (χ0n) is 21.2. The number of aromatic nitrogens is 2. The van der Waals surface area contributed by atoms with Gasteiger partial charge in [-0.15, -0.1) is 0 Å². The lowest BCUT2D eigenvalue weighted by atomic mass is 10.2. The fourth-order valence-corrected chi connectivity index (χ4v) is 4.17. The van der Waals surface area contributed by atoms with Crippen LogP contribution in [0.5, 0.6) is 0 Å². The summed E-state index contributed by atoms with van der Waals surface area (Å²) < 4.78 is 22.9. The van der Waals surface area contributed by atoms with Crippen molar-refractivity contribution in [2.75, 3.05) is 23.3 Å². The standard InChI is InChI=1S/C28H35FN4O2/c1-7-10-12-13-19(4)33-26(30-22(9-3)14-11-8-2)16-25(34)23-15-24(29)28(31-27(23)33)32-17-20(5)35-21(6)18-32/h7,9-16,20-21,30H,1,8,17-18H2,2-6H3/b12-10-,14-11-,19-13+,22-9+. The number of hydrogen-bond acceptors (Lipinski definition) is 5. The van der Waals surface area contributed by atoms with Crippen LogP contribution in [0.15, 0.2) is 71.7 Å². The lowest BCUT2D eigenvalue weighted by Gasteiger charge is -2.36. The summed E-state index contributed by atoms with van der Waals surface area (Å²) in [6.07, 6.45) is 14.0. The van der Waals surface area contributed by atoms with E-state index < -0.39 is 5.82 Å². The maximum atomic E-state index is 15.3. The van der Waals surface area contributed by atoms with Gasteiger partial charge in [0.2, 0.25) is 0 Å². The van der Waals surface area contributed by atoms with Gasteiger partial charge in [0.25, 0.3) is 0 Å². The van der Waals surface area contributed by atoms with Gasteiger partial charge in [-0.2, -0.15) is 0 Å². The van der Waals surface area contributed by atoms with Crippen LogP contribution in [0.2, 0.25) is 0 Å². The molecule has 1 N–H and O–H groups in total. The molecular formula is C28H35FN4O2. The second-order valence-electron chi connectivity index (χ2n) is 8.66. The van der Waals surface area contributed by atoms with Gasteiger partial charge in [-0.05, 0) is 52.3 Å².